The molecule has 2 aromatic heterocycles. The average Bonchev–Trinajstić information content (AvgIpc) is 3.64. The lowest BCUT2D eigenvalue weighted by atomic mass is 10.1. The molecule has 12 nitrogen and oxygen atoms in total. The Kier molecular flexibility index (Phi) is 8.31. The molecule has 5 rings (SSSR count). The van der Waals surface area contributed by atoms with Gasteiger partial charge in [-0.15, -0.1) is 23.1 Å². The van der Waals surface area contributed by atoms with E-state index in [4.69, 9.17) is 4.84 Å². The Morgan fingerprint density at radius 1 is 1.26 bits per heavy atom. The van der Waals surface area contributed by atoms with Crippen molar-refractivity contribution in [3.8, 4) is 0 Å². The Bertz CT molecular complexity index is 1510. The highest BCUT2D eigenvalue weighted by Crippen LogP contribution is 2.36. The average molecular weight is 623 g/mol. The summed E-state index contributed by atoms with van der Waals surface area (Å²) in [5.41, 5.74) is 0.430. The first-order valence-corrected chi connectivity index (χ1v) is 14.3. The van der Waals surface area contributed by atoms with Crippen LogP contribution in [-0.2, 0) is 25.8 Å². The van der Waals surface area contributed by atoms with Crippen molar-refractivity contribution in [3.05, 3.63) is 65.1 Å². The van der Waals surface area contributed by atoms with Crippen molar-refractivity contribution in [2.45, 2.75) is 43.1 Å². The van der Waals surface area contributed by atoms with Gasteiger partial charge in [-0.25, -0.2) is 9.55 Å². The van der Waals surface area contributed by atoms with Gasteiger partial charge in [0, 0.05) is 40.6 Å². The summed E-state index contributed by atoms with van der Waals surface area (Å²) in [6, 6.07) is 1.92. The van der Waals surface area contributed by atoms with E-state index in [0.717, 1.165) is 12.0 Å². The van der Waals surface area contributed by atoms with E-state index in [1.165, 1.54) is 34.2 Å². The third-order valence-corrected chi connectivity index (χ3v) is 8.46. The minimum atomic E-state index is -5.12. The van der Waals surface area contributed by atoms with Gasteiger partial charge in [-0.05, 0) is 18.9 Å². The van der Waals surface area contributed by atoms with Crippen molar-refractivity contribution in [1.82, 2.24) is 15.2 Å². The number of amides is 3. The number of β-lactam (4-membered cyclic amide) rings is 1. The second-order valence-corrected chi connectivity index (χ2v) is 11.3. The number of thioether (sulfide) groups is 1. The monoisotopic (exact) mass is 622 g/mol. The second kappa shape index (κ2) is 11.9. The Labute approximate surface area is 243 Å². The van der Waals surface area contributed by atoms with Gasteiger partial charge in [0.2, 0.25) is 0 Å². The summed E-state index contributed by atoms with van der Waals surface area (Å²) in [5, 5.41) is 19.5. The summed E-state index contributed by atoms with van der Waals surface area (Å²) in [4.78, 5) is 59.2. The number of anilines is 1. The number of fused-ring (bicyclic) bond motifs is 1. The summed E-state index contributed by atoms with van der Waals surface area (Å²) < 4.78 is 39.7. The predicted molar refractivity (Wildman–Crippen MR) is 141 cm³/mol. The van der Waals surface area contributed by atoms with E-state index < -0.39 is 46.6 Å². The van der Waals surface area contributed by atoms with Crippen molar-refractivity contribution in [3.63, 3.8) is 0 Å². The number of thiazole rings is 1. The molecule has 0 spiro atoms. The number of nitrogens with one attached hydrogen (secondary N) is 2. The van der Waals surface area contributed by atoms with Gasteiger partial charge in [0.05, 0.1) is 5.97 Å². The highest BCUT2D eigenvalue weighted by molar-refractivity contribution is 8.00. The molecular weight excluding hydrogens is 601 g/mol. The lowest BCUT2D eigenvalue weighted by Crippen LogP contribution is -2.69. The van der Waals surface area contributed by atoms with Crippen LogP contribution in [0.4, 0.5) is 18.3 Å². The summed E-state index contributed by atoms with van der Waals surface area (Å²) in [6.07, 6.45) is 4.32. The summed E-state index contributed by atoms with van der Waals surface area (Å²) in [6.45, 7) is 0.411. The number of hydrogen-bond acceptors (Lipinski definition) is 10. The van der Waals surface area contributed by atoms with E-state index in [0.29, 0.717) is 30.1 Å². The molecule has 2 N–H and O–H groups in total. The topological polar surface area (TPSA) is 157 Å². The Hall–Kier alpha value is -4.25. The molecule has 3 amide bonds. The van der Waals surface area contributed by atoms with Crippen molar-refractivity contribution in [1.29, 1.82) is 0 Å². The molecule has 2 unspecified atom stereocenters. The number of oxime groups is 1. The largest absolute Gasteiger partial charge is 0.545 e. The lowest BCUT2D eigenvalue weighted by molar-refractivity contribution is -0.689. The molecule has 2 aromatic rings. The van der Waals surface area contributed by atoms with Crippen LogP contribution in [0.15, 0.2) is 59.0 Å². The highest BCUT2D eigenvalue weighted by Gasteiger charge is 2.50. The molecule has 0 aromatic carbocycles. The first-order valence-electron chi connectivity index (χ1n) is 12.4. The molecule has 220 valence electrons. The van der Waals surface area contributed by atoms with Crippen molar-refractivity contribution >= 4 is 57.6 Å². The van der Waals surface area contributed by atoms with Gasteiger partial charge < -0.3 is 25.0 Å². The number of carboxylic acid groups (broad SMARTS) is 1. The summed E-state index contributed by atoms with van der Waals surface area (Å²) >= 11 is 2.08. The number of nitrogens with zero attached hydrogens (tertiary/aromatic N) is 4. The van der Waals surface area contributed by atoms with Crippen LogP contribution in [0.1, 0.15) is 28.9 Å². The molecule has 3 atom stereocenters. The Balaban J connectivity index is 1.26. The summed E-state index contributed by atoms with van der Waals surface area (Å²) in [7, 11) is 0. The van der Waals surface area contributed by atoms with E-state index in [9.17, 15) is 37.5 Å². The van der Waals surface area contributed by atoms with Crippen LogP contribution in [0, 0.1) is 0 Å². The predicted octanol–water partition coefficient (Wildman–Crippen LogP) is 0.718. The Morgan fingerprint density at radius 3 is 2.69 bits per heavy atom. The molecule has 4 heterocycles. The van der Waals surface area contributed by atoms with Gasteiger partial charge in [0.15, 0.2) is 29.8 Å². The van der Waals surface area contributed by atoms with Crippen LogP contribution in [0.2, 0.25) is 0 Å². The number of allylic oxidation sites excluding steroid dienone is 1. The smallest absolute Gasteiger partial charge is 0.471 e. The number of carboxylic acids is 1. The van der Waals surface area contributed by atoms with Crippen LogP contribution in [0.25, 0.3) is 0 Å². The molecule has 3 aliphatic rings. The number of aromatic carboxylic acids is 1. The van der Waals surface area contributed by atoms with Crippen LogP contribution < -0.4 is 20.3 Å². The second-order valence-electron chi connectivity index (χ2n) is 9.31. The number of rotatable bonds is 9. The van der Waals surface area contributed by atoms with Gasteiger partial charge in [0.1, 0.15) is 23.2 Å². The Morgan fingerprint density at radius 2 is 2.02 bits per heavy atom. The molecule has 2 aliphatic heterocycles. The standard InChI is InChI=1S/C25H21F3N6O6S2/c26-25(27,28)23(39)31-24-29-16(12-42-24)17(32-40-15-3-1-2-4-15)19(35)30-18-20(36)34-10-13(11-41-21(18)34)9-33-7-5-14(6-8-33)22(37)38/h1,3,5-8,10,12,15,18,21H,2,4,9,11H2,(H2-,29,30,31,35,37,38,39)/t15?,18?,21-/m1/s1. The molecule has 1 fully saturated rings. The third-order valence-electron chi connectivity index (χ3n) is 6.33. The number of halogens is 3. The van der Waals surface area contributed by atoms with Crippen molar-refractivity contribution in [2.24, 2.45) is 5.16 Å². The zero-order valence-electron chi connectivity index (χ0n) is 21.4. The molecule has 1 saturated heterocycles. The molecule has 0 saturated carbocycles. The van der Waals surface area contributed by atoms with E-state index in [1.807, 2.05) is 6.08 Å². The van der Waals surface area contributed by atoms with Crippen molar-refractivity contribution in [2.75, 3.05) is 11.1 Å². The fourth-order valence-corrected chi connectivity index (χ4v) is 6.16. The zero-order chi connectivity index (χ0) is 30.0. The van der Waals surface area contributed by atoms with E-state index >= 15 is 0 Å². The SMILES string of the molecule is O=C(NC1C(=O)N2C=C(C[n+]3ccc(C(=O)[O-])cc3)CS[C@H]12)C(=NOC1C=CCC1)c1csc(NC(=O)C(F)(F)F)n1. The molecule has 1 aliphatic carbocycles. The summed E-state index contributed by atoms with van der Waals surface area (Å²) in [5.74, 6) is -4.18. The van der Waals surface area contributed by atoms with Gasteiger partial charge >= 0.3 is 12.1 Å². The first-order chi connectivity index (χ1) is 20.0. The van der Waals surface area contributed by atoms with Gasteiger partial charge in [0.25, 0.3) is 11.8 Å². The van der Waals surface area contributed by atoms with E-state index in [2.05, 4.69) is 15.5 Å². The molecule has 42 heavy (non-hydrogen) atoms. The number of carbonyl (C=O) groups is 4. The third kappa shape index (κ3) is 6.46. The highest BCUT2D eigenvalue weighted by atomic mass is 32.2. The zero-order valence-corrected chi connectivity index (χ0v) is 23.0. The van der Waals surface area contributed by atoms with Crippen LogP contribution in [-0.4, -0.2) is 68.7 Å². The maximum absolute atomic E-state index is 13.3. The quantitative estimate of drug-likeness (QED) is 0.136. The van der Waals surface area contributed by atoms with Crippen LogP contribution in [0.3, 0.4) is 0 Å². The number of aromatic nitrogens is 2. The molecule has 0 bridgehead atoms. The molecule has 17 heteroatoms. The molecule has 0 radical (unpaired) electrons. The van der Waals surface area contributed by atoms with Gasteiger partial charge in [-0.3, -0.25) is 19.7 Å². The number of hydrogen-bond donors (Lipinski definition) is 2. The maximum Gasteiger partial charge on any atom is 0.471 e. The van der Waals surface area contributed by atoms with Crippen LogP contribution >= 0.6 is 23.1 Å². The van der Waals surface area contributed by atoms with Gasteiger partial charge in [-0.1, -0.05) is 11.2 Å². The maximum atomic E-state index is 13.3. The van der Waals surface area contributed by atoms with Crippen molar-refractivity contribution < 1.29 is 46.9 Å². The van der Waals surface area contributed by atoms with E-state index in [-0.39, 0.29) is 22.9 Å². The fraction of sp³-hybridized carbons (Fsp3) is 0.320. The lowest BCUT2D eigenvalue weighted by Gasteiger charge is -2.47. The number of pyridine rings is 1. The fourth-order valence-electron chi connectivity index (χ4n) is 4.21. The minimum Gasteiger partial charge on any atom is -0.545 e. The van der Waals surface area contributed by atoms with E-state index in [1.54, 1.807) is 34.6 Å². The van der Waals surface area contributed by atoms with Gasteiger partial charge in [-0.2, -0.15) is 13.2 Å². The van der Waals surface area contributed by atoms with Crippen LogP contribution in [0.5, 0.6) is 0 Å². The molecular formula is C25H21F3N6O6S2. The number of alkyl halides is 3. The number of carbonyl (C=O) groups excluding carboxylic acids is 4. The first kappa shape index (κ1) is 29.2. The minimum absolute atomic E-state index is 0.0442. The normalized spacial score (nSPS) is 21.7.